The van der Waals surface area contributed by atoms with Gasteiger partial charge in [0, 0.05) is 19.6 Å². The molecule has 0 aromatic heterocycles. The van der Waals surface area contributed by atoms with Crippen molar-refractivity contribution in [2.75, 3.05) is 26.2 Å². The van der Waals surface area contributed by atoms with Crippen molar-refractivity contribution < 1.29 is 9.90 Å². The van der Waals surface area contributed by atoms with Gasteiger partial charge in [-0.05, 0) is 18.4 Å². The Morgan fingerprint density at radius 3 is 2.83 bits per heavy atom. The lowest BCUT2D eigenvalue weighted by atomic mass is 10.1. The summed E-state index contributed by atoms with van der Waals surface area (Å²) in [5, 5.41) is 12.3. The van der Waals surface area contributed by atoms with E-state index >= 15 is 0 Å². The third-order valence-corrected chi connectivity index (χ3v) is 3.19. The minimum absolute atomic E-state index is 0.0417. The van der Waals surface area contributed by atoms with Crippen LogP contribution < -0.4 is 5.32 Å². The molecule has 98 valence electrons. The highest BCUT2D eigenvalue weighted by atomic mass is 16.3. The van der Waals surface area contributed by atoms with Gasteiger partial charge in [-0.15, -0.1) is 0 Å². The molecule has 1 saturated heterocycles. The van der Waals surface area contributed by atoms with Crippen LogP contribution in [0.4, 0.5) is 0 Å². The zero-order valence-corrected chi connectivity index (χ0v) is 10.5. The first-order chi connectivity index (χ1) is 8.74. The lowest BCUT2D eigenvalue weighted by Gasteiger charge is -2.14. The van der Waals surface area contributed by atoms with Crippen molar-refractivity contribution in [2.24, 2.45) is 0 Å². The number of nitrogens with one attached hydrogen (secondary N) is 1. The summed E-state index contributed by atoms with van der Waals surface area (Å²) in [7, 11) is 0. The number of rotatable bonds is 5. The fourth-order valence-electron chi connectivity index (χ4n) is 2.21. The monoisotopic (exact) mass is 248 g/mol. The average molecular weight is 248 g/mol. The average Bonchev–Trinajstić information content (AvgIpc) is 2.76. The van der Waals surface area contributed by atoms with Crippen molar-refractivity contribution in [3.05, 3.63) is 35.9 Å². The second-order valence-corrected chi connectivity index (χ2v) is 4.76. The van der Waals surface area contributed by atoms with Crippen molar-refractivity contribution in [1.29, 1.82) is 0 Å². The van der Waals surface area contributed by atoms with Gasteiger partial charge in [-0.25, -0.2) is 0 Å². The van der Waals surface area contributed by atoms with E-state index in [1.165, 1.54) is 5.56 Å². The molecule has 0 saturated carbocycles. The number of carbonyl (C=O) groups is 1. The molecule has 1 fully saturated rings. The van der Waals surface area contributed by atoms with Crippen LogP contribution in [0.3, 0.4) is 0 Å². The van der Waals surface area contributed by atoms with Crippen molar-refractivity contribution >= 4 is 5.91 Å². The minimum Gasteiger partial charge on any atom is -0.392 e. The van der Waals surface area contributed by atoms with Gasteiger partial charge in [-0.1, -0.05) is 30.3 Å². The Hall–Kier alpha value is -1.39. The highest BCUT2D eigenvalue weighted by molar-refractivity contribution is 5.78. The third-order valence-electron chi connectivity index (χ3n) is 3.19. The maximum Gasteiger partial charge on any atom is 0.234 e. The quantitative estimate of drug-likeness (QED) is 0.793. The van der Waals surface area contributed by atoms with Crippen LogP contribution in [0.15, 0.2) is 30.3 Å². The van der Waals surface area contributed by atoms with E-state index in [-0.39, 0.29) is 12.0 Å². The lowest BCUT2D eigenvalue weighted by Crippen LogP contribution is -2.37. The molecular formula is C14H20N2O2. The van der Waals surface area contributed by atoms with Crippen LogP contribution in [0, 0.1) is 0 Å². The molecule has 2 rings (SSSR count). The zero-order chi connectivity index (χ0) is 12.8. The standard InChI is InChI=1S/C14H20N2O2/c17-13-7-9-16(10-13)11-14(18)15-8-6-12-4-2-1-3-5-12/h1-5,13,17H,6-11H2,(H,15,18). The largest absolute Gasteiger partial charge is 0.392 e. The Balaban J connectivity index is 1.63. The topological polar surface area (TPSA) is 52.6 Å². The smallest absolute Gasteiger partial charge is 0.234 e. The Morgan fingerprint density at radius 1 is 1.39 bits per heavy atom. The molecule has 4 heteroatoms. The summed E-state index contributed by atoms with van der Waals surface area (Å²) in [4.78, 5) is 13.7. The third kappa shape index (κ3) is 4.13. The first-order valence-corrected chi connectivity index (χ1v) is 6.45. The fourth-order valence-corrected chi connectivity index (χ4v) is 2.21. The van der Waals surface area contributed by atoms with Crippen LogP contribution in [0.25, 0.3) is 0 Å². The lowest BCUT2D eigenvalue weighted by molar-refractivity contribution is -0.122. The number of carbonyl (C=O) groups excluding carboxylic acids is 1. The van der Waals surface area contributed by atoms with Crippen LogP contribution in [-0.4, -0.2) is 48.2 Å². The number of benzene rings is 1. The van der Waals surface area contributed by atoms with Crippen LogP contribution >= 0.6 is 0 Å². The summed E-state index contributed by atoms with van der Waals surface area (Å²) < 4.78 is 0. The van der Waals surface area contributed by atoms with E-state index in [0.29, 0.717) is 19.6 Å². The van der Waals surface area contributed by atoms with Gasteiger partial charge in [0.15, 0.2) is 0 Å². The molecule has 18 heavy (non-hydrogen) atoms. The van der Waals surface area contributed by atoms with E-state index in [0.717, 1.165) is 19.4 Å². The highest BCUT2D eigenvalue weighted by Gasteiger charge is 2.21. The van der Waals surface area contributed by atoms with Gasteiger partial charge in [0.1, 0.15) is 0 Å². The number of amides is 1. The van der Waals surface area contributed by atoms with Crippen molar-refractivity contribution in [2.45, 2.75) is 18.9 Å². The molecule has 1 aliphatic rings. The maximum atomic E-state index is 11.7. The molecular weight excluding hydrogens is 228 g/mol. The second-order valence-electron chi connectivity index (χ2n) is 4.76. The molecule has 4 nitrogen and oxygen atoms in total. The van der Waals surface area contributed by atoms with Crippen LogP contribution in [0.5, 0.6) is 0 Å². The molecule has 1 aromatic carbocycles. The number of β-amino-alcohol motifs (C(OH)–C–C–N with tert-alkyl or cyclic N) is 1. The van der Waals surface area contributed by atoms with Crippen LogP contribution in [0.2, 0.25) is 0 Å². The summed E-state index contributed by atoms with van der Waals surface area (Å²) in [5.41, 5.74) is 1.23. The zero-order valence-electron chi connectivity index (χ0n) is 10.5. The first kappa shape index (κ1) is 13.1. The Bertz CT molecular complexity index is 381. The Morgan fingerprint density at radius 2 is 2.17 bits per heavy atom. The van der Waals surface area contributed by atoms with Crippen molar-refractivity contribution in [3.63, 3.8) is 0 Å². The number of likely N-dealkylation sites (tertiary alicyclic amines) is 1. The van der Waals surface area contributed by atoms with E-state index in [4.69, 9.17) is 0 Å². The predicted octanol–water partition coefficient (Wildman–Crippen LogP) is 0.412. The molecule has 1 aromatic rings. The summed E-state index contributed by atoms with van der Waals surface area (Å²) in [5.74, 6) is 0.0417. The second kappa shape index (κ2) is 6.52. The number of nitrogens with zero attached hydrogens (tertiary/aromatic N) is 1. The van der Waals surface area contributed by atoms with Gasteiger partial charge in [0.2, 0.25) is 5.91 Å². The molecule has 1 heterocycles. The summed E-state index contributed by atoms with van der Waals surface area (Å²) in [6, 6.07) is 10.1. The summed E-state index contributed by atoms with van der Waals surface area (Å²) in [6.07, 6.45) is 1.37. The van der Waals surface area contributed by atoms with E-state index in [1.54, 1.807) is 0 Å². The van der Waals surface area contributed by atoms with Crippen molar-refractivity contribution in [3.8, 4) is 0 Å². The normalized spacial score (nSPS) is 19.9. The molecule has 0 bridgehead atoms. The molecule has 0 spiro atoms. The van der Waals surface area contributed by atoms with Gasteiger partial charge >= 0.3 is 0 Å². The van der Waals surface area contributed by atoms with Gasteiger partial charge in [0.05, 0.1) is 12.6 Å². The molecule has 1 amide bonds. The van der Waals surface area contributed by atoms with Crippen LogP contribution in [-0.2, 0) is 11.2 Å². The van der Waals surface area contributed by atoms with E-state index in [1.807, 2.05) is 23.1 Å². The molecule has 1 unspecified atom stereocenters. The van der Waals surface area contributed by atoms with Gasteiger partial charge in [-0.3, -0.25) is 9.69 Å². The maximum absolute atomic E-state index is 11.7. The first-order valence-electron chi connectivity index (χ1n) is 6.45. The highest BCUT2D eigenvalue weighted by Crippen LogP contribution is 2.07. The number of aliphatic hydroxyl groups excluding tert-OH is 1. The fraction of sp³-hybridized carbons (Fsp3) is 0.500. The summed E-state index contributed by atoms with van der Waals surface area (Å²) in [6.45, 7) is 2.49. The van der Waals surface area contributed by atoms with Gasteiger partial charge in [0.25, 0.3) is 0 Å². The number of hydrogen-bond acceptors (Lipinski definition) is 3. The molecule has 0 aliphatic carbocycles. The van der Waals surface area contributed by atoms with Gasteiger partial charge < -0.3 is 10.4 Å². The van der Waals surface area contributed by atoms with E-state index in [9.17, 15) is 9.90 Å². The van der Waals surface area contributed by atoms with Crippen molar-refractivity contribution in [1.82, 2.24) is 10.2 Å². The Labute approximate surface area is 108 Å². The van der Waals surface area contributed by atoms with Crippen LogP contribution in [0.1, 0.15) is 12.0 Å². The molecule has 1 atom stereocenters. The van der Waals surface area contributed by atoms with E-state index < -0.39 is 0 Å². The SMILES string of the molecule is O=C(CN1CCC(O)C1)NCCc1ccccc1. The minimum atomic E-state index is -0.262. The molecule has 2 N–H and O–H groups in total. The number of hydrogen-bond donors (Lipinski definition) is 2. The van der Waals surface area contributed by atoms with E-state index in [2.05, 4.69) is 17.4 Å². The number of aliphatic hydroxyl groups is 1. The molecule has 1 aliphatic heterocycles. The Kier molecular flexibility index (Phi) is 4.73. The van der Waals surface area contributed by atoms with Gasteiger partial charge in [-0.2, -0.15) is 0 Å². The predicted molar refractivity (Wildman–Crippen MR) is 70.2 cm³/mol. The summed E-state index contributed by atoms with van der Waals surface area (Å²) >= 11 is 0. The molecule has 0 radical (unpaired) electrons.